The molecule has 0 bridgehead atoms. The molecule has 4 nitrogen and oxygen atoms in total. The second-order valence-electron chi connectivity index (χ2n) is 6.39. The maximum absolute atomic E-state index is 12.5. The van der Waals surface area contributed by atoms with Crippen molar-refractivity contribution in [2.45, 2.75) is 32.7 Å². The number of urea groups is 1. The highest BCUT2D eigenvalue weighted by Crippen LogP contribution is 2.23. The molecular weight excluding hydrogens is 226 g/mol. The van der Waals surface area contributed by atoms with Gasteiger partial charge in [-0.2, -0.15) is 0 Å². The molecular formula is C14H27N3O. The van der Waals surface area contributed by atoms with Crippen LogP contribution in [0, 0.1) is 11.8 Å². The quantitative estimate of drug-likeness (QED) is 0.711. The van der Waals surface area contributed by atoms with Crippen LogP contribution < -0.4 is 0 Å². The molecule has 2 aliphatic rings. The van der Waals surface area contributed by atoms with Gasteiger partial charge < -0.3 is 14.7 Å². The van der Waals surface area contributed by atoms with E-state index >= 15 is 0 Å². The van der Waals surface area contributed by atoms with E-state index in [-0.39, 0.29) is 6.03 Å². The lowest BCUT2D eigenvalue weighted by atomic mass is 10.0. The average molecular weight is 253 g/mol. The van der Waals surface area contributed by atoms with E-state index in [1.54, 1.807) is 0 Å². The third-order valence-electron chi connectivity index (χ3n) is 4.43. The minimum absolute atomic E-state index is 0.262. The Kier molecular flexibility index (Phi) is 4.15. The summed E-state index contributed by atoms with van der Waals surface area (Å²) in [6.07, 6.45) is 2.42. The van der Waals surface area contributed by atoms with E-state index in [0.717, 1.165) is 32.6 Å². The lowest BCUT2D eigenvalue weighted by Gasteiger charge is -2.34. The van der Waals surface area contributed by atoms with E-state index in [1.807, 2.05) is 4.90 Å². The van der Waals surface area contributed by atoms with E-state index < -0.39 is 0 Å². The van der Waals surface area contributed by atoms with Crippen LogP contribution in [0.1, 0.15) is 26.7 Å². The van der Waals surface area contributed by atoms with Gasteiger partial charge in [-0.05, 0) is 38.8 Å². The van der Waals surface area contributed by atoms with Crippen molar-refractivity contribution in [2.75, 3.05) is 40.3 Å². The Labute approximate surface area is 111 Å². The zero-order chi connectivity index (χ0) is 13.3. The Morgan fingerprint density at radius 2 is 1.83 bits per heavy atom. The van der Waals surface area contributed by atoms with Gasteiger partial charge in [0, 0.05) is 32.2 Å². The Hall–Kier alpha value is -0.770. The van der Waals surface area contributed by atoms with Crippen LogP contribution in [0.4, 0.5) is 4.79 Å². The largest absolute Gasteiger partial charge is 0.324 e. The molecule has 4 heteroatoms. The van der Waals surface area contributed by atoms with Crippen LogP contribution in [-0.4, -0.2) is 67.0 Å². The number of rotatable bonds is 1. The van der Waals surface area contributed by atoms with Crippen molar-refractivity contribution >= 4 is 6.03 Å². The summed E-state index contributed by atoms with van der Waals surface area (Å²) in [5.74, 6) is 1.23. The van der Waals surface area contributed by atoms with Gasteiger partial charge in [0.25, 0.3) is 0 Å². The molecule has 3 atom stereocenters. The van der Waals surface area contributed by atoms with Crippen molar-refractivity contribution in [3.8, 4) is 0 Å². The number of piperidine rings is 1. The predicted molar refractivity (Wildman–Crippen MR) is 73.6 cm³/mol. The molecule has 2 amide bonds. The molecule has 0 spiro atoms. The van der Waals surface area contributed by atoms with Crippen LogP contribution >= 0.6 is 0 Å². The number of hydrogen-bond acceptors (Lipinski definition) is 2. The molecule has 0 radical (unpaired) electrons. The zero-order valence-corrected chi connectivity index (χ0v) is 12.2. The first-order valence-electron chi connectivity index (χ1n) is 7.19. The summed E-state index contributed by atoms with van der Waals surface area (Å²) in [6.45, 7) is 8.17. The lowest BCUT2D eigenvalue weighted by Crippen LogP contribution is -2.47. The second-order valence-corrected chi connectivity index (χ2v) is 6.39. The summed E-state index contributed by atoms with van der Waals surface area (Å²) in [5.41, 5.74) is 0. The van der Waals surface area contributed by atoms with Crippen molar-refractivity contribution in [2.24, 2.45) is 11.8 Å². The van der Waals surface area contributed by atoms with Gasteiger partial charge in [0.15, 0.2) is 0 Å². The third kappa shape index (κ3) is 2.79. The number of likely N-dealkylation sites (N-methyl/N-ethyl adjacent to an activating group) is 1. The van der Waals surface area contributed by atoms with Crippen LogP contribution in [0.2, 0.25) is 0 Å². The van der Waals surface area contributed by atoms with Crippen molar-refractivity contribution in [3.05, 3.63) is 0 Å². The highest BCUT2D eigenvalue weighted by Gasteiger charge is 2.36. The maximum atomic E-state index is 12.5. The van der Waals surface area contributed by atoms with Crippen molar-refractivity contribution in [1.82, 2.24) is 14.7 Å². The number of hydrogen-bond donors (Lipinski definition) is 0. The number of nitrogens with zero attached hydrogens (tertiary/aromatic N) is 3. The molecule has 3 unspecified atom stereocenters. The van der Waals surface area contributed by atoms with Gasteiger partial charge in [0.2, 0.25) is 0 Å². The molecule has 2 saturated heterocycles. The van der Waals surface area contributed by atoms with E-state index in [1.165, 1.54) is 6.42 Å². The number of amides is 2. The van der Waals surface area contributed by atoms with Crippen molar-refractivity contribution in [3.63, 3.8) is 0 Å². The first kappa shape index (κ1) is 13.7. The van der Waals surface area contributed by atoms with Gasteiger partial charge in [-0.25, -0.2) is 4.79 Å². The minimum Gasteiger partial charge on any atom is -0.324 e. The van der Waals surface area contributed by atoms with Gasteiger partial charge in [-0.3, -0.25) is 0 Å². The fourth-order valence-corrected chi connectivity index (χ4v) is 3.34. The molecule has 0 aromatic rings. The molecule has 104 valence electrons. The summed E-state index contributed by atoms with van der Waals surface area (Å²) < 4.78 is 0. The maximum Gasteiger partial charge on any atom is 0.320 e. The topological polar surface area (TPSA) is 26.8 Å². The van der Waals surface area contributed by atoms with E-state index in [9.17, 15) is 4.79 Å². The normalized spacial score (nSPS) is 33.3. The van der Waals surface area contributed by atoms with Crippen LogP contribution in [0.5, 0.6) is 0 Å². The number of carbonyl (C=O) groups excluding carboxylic acids is 1. The molecule has 0 aromatic heterocycles. The molecule has 2 fully saturated rings. The fraction of sp³-hybridized carbons (Fsp3) is 0.929. The standard InChI is InChI=1S/C14H27N3O/c1-11-6-5-7-16(8-11)14(18)17-9-12(2)13(10-17)15(3)4/h11-13H,5-10H2,1-4H3. The molecule has 2 aliphatic heterocycles. The highest BCUT2D eigenvalue weighted by atomic mass is 16.2. The first-order valence-corrected chi connectivity index (χ1v) is 7.19. The van der Waals surface area contributed by atoms with Crippen molar-refractivity contribution in [1.29, 1.82) is 0 Å². The average Bonchev–Trinajstić information content (AvgIpc) is 2.70. The molecule has 0 aliphatic carbocycles. The Morgan fingerprint density at radius 3 is 2.39 bits per heavy atom. The summed E-state index contributed by atoms with van der Waals surface area (Å²) in [4.78, 5) is 18.8. The highest BCUT2D eigenvalue weighted by molar-refractivity contribution is 5.75. The van der Waals surface area contributed by atoms with Crippen LogP contribution in [0.25, 0.3) is 0 Å². The van der Waals surface area contributed by atoms with Gasteiger partial charge in [-0.15, -0.1) is 0 Å². The minimum atomic E-state index is 0.262. The molecule has 0 aromatic carbocycles. The van der Waals surface area contributed by atoms with E-state index in [2.05, 4.69) is 37.7 Å². The Balaban J connectivity index is 1.94. The van der Waals surface area contributed by atoms with Crippen LogP contribution in [0.3, 0.4) is 0 Å². The summed E-state index contributed by atoms with van der Waals surface area (Å²) >= 11 is 0. The lowest BCUT2D eigenvalue weighted by molar-refractivity contribution is 0.136. The van der Waals surface area contributed by atoms with Crippen molar-refractivity contribution < 1.29 is 4.79 Å². The third-order valence-corrected chi connectivity index (χ3v) is 4.43. The first-order chi connectivity index (χ1) is 8.49. The van der Waals surface area contributed by atoms with E-state index in [0.29, 0.717) is 17.9 Å². The zero-order valence-electron chi connectivity index (χ0n) is 12.2. The predicted octanol–water partition coefficient (Wildman–Crippen LogP) is 1.72. The van der Waals surface area contributed by atoms with Gasteiger partial charge in [0.1, 0.15) is 0 Å². The molecule has 2 rings (SSSR count). The summed E-state index contributed by atoms with van der Waals surface area (Å²) in [7, 11) is 4.22. The second kappa shape index (κ2) is 5.47. The smallest absolute Gasteiger partial charge is 0.320 e. The van der Waals surface area contributed by atoms with Gasteiger partial charge in [0.05, 0.1) is 0 Å². The molecule has 18 heavy (non-hydrogen) atoms. The molecule has 2 heterocycles. The van der Waals surface area contributed by atoms with Gasteiger partial charge in [-0.1, -0.05) is 13.8 Å². The Bertz CT molecular complexity index is 305. The fourth-order valence-electron chi connectivity index (χ4n) is 3.34. The summed E-state index contributed by atoms with van der Waals surface area (Å²) in [5, 5.41) is 0. The van der Waals surface area contributed by atoms with E-state index in [4.69, 9.17) is 0 Å². The molecule has 0 saturated carbocycles. The summed E-state index contributed by atoms with van der Waals surface area (Å²) in [6, 6.07) is 0.772. The number of likely N-dealkylation sites (tertiary alicyclic amines) is 2. The SMILES string of the molecule is CC1CCCN(C(=O)N2CC(C)C(N(C)C)C2)C1. The number of carbonyl (C=O) groups is 1. The van der Waals surface area contributed by atoms with Gasteiger partial charge >= 0.3 is 6.03 Å². The van der Waals surface area contributed by atoms with Crippen LogP contribution in [0.15, 0.2) is 0 Å². The monoisotopic (exact) mass is 253 g/mol. The van der Waals surface area contributed by atoms with Crippen LogP contribution in [-0.2, 0) is 0 Å². The molecule has 0 N–H and O–H groups in total. The Morgan fingerprint density at radius 1 is 1.11 bits per heavy atom.